The number of anilines is 1. The van der Waals surface area contributed by atoms with Gasteiger partial charge in [-0.15, -0.1) is 0 Å². The number of benzene rings is 3. The Morgan fingerprint density at radius 3 is 2.08 bits per heavy atom. The highest BCUT2D eigenvalue weighted by Crippen LogP contribution is 2.28. The van der Waals surface area contributed by atoms with E-state index in [1.165, 1.54) is 30.7 Å². The Morgan fingerprint density at radius 2 is 1.40 bits per heavy atom. The summed E-state index contributed by atoms with van der Waals surface area (Å²) >= 11 is 0. The number of piperidine rings is 1. The Bertz CT molecular complexity index is 2370. The van der Waals surface area contributed by atoms with E-state index in [4.69, 9.17) is 11.1 Å². The first-order chi connectivity index (χ1) is 30.4. The highest BCUT2D eigenvalue weighted by Gasteiger charge is 2.31. The van der Waals surface area contributed by atoms with E-state index < -0.39 is 17.6 Å². The Balaban J connectivity index is 0.836. The van der Waals surface area contributed by atoms with Crippen molar-refractivity contribution in [1.82, 2.24) is 29.5 Å². The summed E-state index contributed by atoms with van der Waals surface area (Å²) in [6.07, 6.45) is 4.42. The van der Waals surface area contributed by atoms with E-state index in [1.54, 1.807) is 40.3 Å². The average Bonchev–Trinajstić information content (AvgIpc) is 3.30. The number of nitrogens with one attached hydrogen (secondary N) is 2. The summed E-state index contributed by atoms with van der Waals surface area (Å²) in [7, 11) is 0. The van der Waals surface area contributed by atoms with E-state index in [0.717, 1.165) is 63.1 Å². The lowest BCUT2D eigenvalue weighted by atomic mass is 9.95. The molecular formula is C48H56FN9O5. The van der Waals surface area contributed by atoms with E-state index >= 15 is 0 Å². The Morgan fingerprint density at radius 1 is 0.730 bits per heavy atom. The molecule has 0 radical (unpaired) electrons. The molecule has 63 heavy (non-hydrogen) atoms. The minimum atomic E-state index is -0.659. The van der Waals surface area contributed by atoms with Gasteiger partial charge in [0, 0.05) is 114 Å². The number of nitrogens with two attached hydrogens (primary N) is 1. The standard InChI is InChI=1S/C48H56FN9O5/c1-3-33-7-6-8-36(25-33)37-28-43(53-32(2)59)45(52-29-37)48(63)57-15-13-34(14-16-57)30-54-17-19-55(20-18-54)31-44(60)56-21-23-58(24-22-56)47(62)40-26-35(11-12-41(40)49)27-42(50)38-9-4-5-10-39(38)46(51)61/h4-12,25-26,28-29,34,50H,3,13-24,27,30-31H2,1-2H3,(H2,51,61)(H,53,59). The number of pyridine rings is 1. The molecule has 4 heterocycles. The van der Waals surface area contributed by atoms with Crippen molar-refractivity contribution in [1.29, 1.82) is 5.41 Å². The number of hydrogen-bond acceptors (Lipinski definition) is 9. The van der Waals surface area contributed by atoms with Crippen LogP contribution in [0.1, 0.15) is 74.6 Å². The summed E-state index contributed by atoms with van der Waals surface area (Å²) in [5.74, 6) is -1.77. The van der Waals surface area contributed by atoms with E-state index in [9.17, 15) is 28.4 Å². The number of aryl methyl sites for hydroxylation is 1. The molecule has 4 N–H and O–H groups in total. The SMILES string of the molecule is CCc1cccc(-c2cnc(C(=O)N3CCC(CN4CCN(CC(=O)N5CCN(C(=O)c6cc(CC(=N)c7ccccc7C(N)=O)ccc6F)CC5)CC4)CC3)c(NC(C)=O)c2)c1. The number of carbonyl (C=O) groups excluding carboxylic acids is 5. The van der Waals surface area contributed by atoms with Crippen molar-refractivity contribution in [2.24, 2.45) is 11.7 Å². The number of nitrogens with zero attached hydrogens (tertiary/aromatic N) is 6. The number of halogens is 1. The normalized spacial score (nSPS) is 16.5. The first-order valence-corrected chi connectivity index (χ1v) is 21.8. The molecule has 0 saturated carbocycles. The van der Waals surface area contributed by atoms with Crippen molar-refractivity contribution in [3.05, 3.63) is 118 Å². The van der Waals surface area contributed by atoms with E-state index in [0.29, 0.717) is 55.5 Å². The van der Waals surface area contributed by atoms with E-state index in [2.05, 4.69) is 39.2 Å². The molecule has 0 atom stereocenters. The van der Waals surface area contributed by atoms with Crippen LogP contribution in [-0.4, -0.2) is 143 Å². The van der Waals surface area contributed by atoms with Crippen molar-refractivity contribution in [3.63, 3.8) is 0 Å². The van der Waals surface area contributed by atoms with Crippen molar-refractivity contribution in [3.8, 4) is 11.1 Å². The fourth-order valence-corrected chi connectivity index (χ4v) is 8.74. The number of aromatic nitrogens is 1. The number of likely N-dealkylation sites (tertiary alicyclic amines) is 1. The molecule has 3 aliphatic heterocycles. The van der Waals surface area contributed by atoms with Crippen LogP contribution in [0.5, 0.6) is 0 Å². The number of amides is 5. The Labute approximate surface area is 367 Å². The van der Waals surface area contributed by atoms with Crippen LogP contribution in [0, 0.1) is 17.1 Å². The second-order valence-electron chi connectivity index (χ2n) is 16.7. The lowest BCUT2D eigenvalue weighted by molar-refractivity contribution is -0.134. The average molecular weight is 858 g/mol. The molecule has 0 bridgehead atoms. The third kappa shape index (κ3) is 11.0. The summed E-state index contributed by atoms with van der Waals surface area (Å²) in [5, 5.41) is 11.4. The van der Waals surface area contributed by atoms with Crippen LogP contribution < -0.4 is 11.1 Å². The molecule has 1 aromatic heterocycles. The lowest BCUT2D eigenvalue weighted by Gasteiger charge is -2.40. The van der Waals surface area contributed by atoms with Gasteiger partial charge in [0.25, 0.3) is 11.8 Å². The molecule has 3 saturated heterocycles. The smallest absolute Gasteiger partial charge is 0.274 e. The molecule has 7 rings (SSSR count). The van der Waals surface area contributed by atoms with Gasteiger partial charge >= 0.3 is 0 Å². The molecule has 330 valence electrons. The van der Waals surface area contributed by atoms with Crippen molar-refractivity contribution >= 4 is 40.9 Å². The maximum atomic E-state index is 15.0. The molecule has 0 unspecified atom stereocenters. The molecule has 0 spiro atoms. The first kappa shape index (κ1) is 44.7. The highest BCUT2D eigenvalue weighted by atomic mass is 19.1. The molecule has 3 aliphatic rings. The van der Waals surface area contributed by atoms with Gasteiger partial charge in [-0.3, -0.25) is 28.9 Å². The molecule has 5 amide bonds. The van der Waals surface area contributed by atoms with Crippen LogP contribution in [0.25, 0.3) is 11.1 Å². The van der Waals surface area contributed by atoms with Crippen LogP contribution in [0.15, 0.2) is 79.0 Å². The fraction of sp³-hybridized carbons (Fsp3) is 0.396. The predicted molar refractivity (Wildman–Crippen MR) is 239 cm³/mol. The second kappa shape index (κ2) is 20.2. The van der Waals surface area contributed by atoms with Crippen LogP contribution >= 0.6 is 0 Å². The summed E-state index contributed by atoms with van der Waals surface area (Å²) in [5.41, 5.74) is 10.4. The van der Waals surface area contributed by atoms with E-state index in [-0.39, 0.29) is 59.8 Å². The first-order valence-electron chi connectivity index (χ1n) is 21.8. The van der Waals surface area contributed by atoms with Crippen molar-refractivity contribution in [2.45, 2.75) is 39.5 Å². The topological polar surface area (TPSA) is 176 Å². The van der Waals surface area contributed by atoms with Gasteiger partial charge in [-0.2, -0.15) is 0 Å². The Kier molecular flexibility index (Phi) is 14.4. The highest BCUT2D eigenvalue weighted by molar-refractivity contribution is 6.09. The molecule has 15 heteroatoms. The van der Waals surface area contributed by atoms with Gasteiger partial charge in [0.1, 0.15) is 5.82 Å². The van der Waals surface area contributed by atoms with Gasteiger partial charge in [-0.1, -0.05) is 55.5 Å². The monoisotopic (exact) mass is 857 g/mol. The largest absolute Gasteiger partial charge is 0.366 e. The zero-order valence-electron chi connectivity index (χ0n) is 36.1. The number of hydrogen-bond donors (Lipinski definition) is 3. The van der Waals surface area contributed by atoms with Gasteiger partial charge in [0.2, 0.25) is 17.7 Å². The third-order valence-corrected chi connectivity index (χ3v) is 12.4. The molecule has 0 aliphatic carbocycles. The predicted octanol–water partition coefficient (Wildman–Crippen LogP) is 4.57. The minimum Gasteiger partial charge on any atom is -0.366 e. The van der Waals surface area contributed by atoms with E-state index in [1.807, 2.05) is 23.1 Å². The fourth-order valence-electron chi connectivity index (χ4n) is 8.74. The number of primary amides is 1. The number of piperazine rings is 2. The van der Waals surface area contributed by atoms with Crippen LogP contribution in [-0.2, 0) is 22.4 Å². The summed E-state index contributed by atoms with van der Waals surface area (Å²) in [6.45, 7) is 10.4. The van der Waals surface area contributed by atoms with Gasteiger partial charge < -0.3 is 36.1 Å². The minimum absolute atomic E-state index is 0.00649. The maximum Gasteiger partial charge on any atom is 0.274 e. The van der Waals surface area contributed by atoms with Crippen LogP contribution in [0.3, 0.4) is 0 Å². The zero-order chi connectivity index (χ0) is 44.6. The van der Waals surface area contributed by atoms with Gasteiger partial charge in [0.15, 0.2) is 5.69 Å². The molecule has 3 aromatic carbocycles. The Hall–Kier alpha value is -6.32. The molecule has 4 aromatic rings. The van der Waals surface area contributed by atoms with Gasteiger partial charge in [-0.05, 0) is 66.1 Å². The second-order valence-corrected chi connectivity index (χ2v) is 16.7. The van der Waals surface area contributed by atoms with Crippen LogP contribution in [0.2, 0.25) is 0 Å². The van der Waals surface area contributed by atoms with Crippen LogP contribution in [0.4, 0.5) is 10.1 Å². The van der Waals surface area contributed by atoms with Gasteiger partial charge in [0.05, 0.1) is 17.8 Å². The number of rotatable bonds is 13. The molecule has 3 fully saturated rings. The maximum absolute atomic E-state index is 15.0. The van der Waals surface area contributed by atoms with Crippen molar-refractivity contribution in [2.75, 3.05) is 83.9 Å². The third-order valence-electron chi connectivity index (χ3n) is 12.4. The zero-order valence-corrected chi connectivity index (χ0v) is 36.1. The summed E-state index contributed by atoms with van der Waals surface area (Å²) in [4.78, 5) is 78.9. The quantitative estimate of drug-likeness (QED) is 0.164. The summed E-state index contributed by atoms with van der Waals surface area (Å²) < 4.78 is 15.0. The number of carbonyl (C=O) groups is 5. The lowest BCUT2D eigenvalue weighted by Crippen LogP contribution is -2.55. The molecular weight excluding hydrogens is 802 g/mol. The molecule has 14 nitrogen and oxygen atoms in total. The van der Waals surface area contributed by atoms with Gasteiger partial charge in [-0.25, -0.2) is 9.37 Å². The van der Waals surface area contributed by atoms with Crippen molar-refractivity contribution < 1.29 is 28.4 Å². The summed E-state index contributed by atoms with van der Waals surface area (Å²) in [6, 6.07) is 20.8.